The normalized spacial score (nSPS) is 16.6. The number of thiazole rings is 1. The van der Waals surface area contributed by atoms with Gasteiger partial charge in [0.1, 0.15) is 10.7 Å². The summed E-state index contributed by atoms with van der Waals surface area (Å²) in [6.45, 7) is 5.47. The van der Waals surface area contributed by atoms with E-state index in [1.165, 1.54) is 4.70 Å². The highest BCUT2D eigenvalue weighted by molar-refractivity contribution is 14.1. The van der Waals surface area contributed by atoms with Crippen molar-refractivity contribution in [2.24, 2.45) is 0 Å². The summed E-state index contributed by atoms with van der Waals surface area (Å²) in [4.78, 5) is 20.4. The van der Waals surface area contributed by atoms with Gasteiger partial charge >= 0.3 is 0 Å². The summed E-state index contributed by atoms with van der Waals surface area (Å²) in [5.41, 5.74) is 1.96. The second kappa shape index (κ2) is 7.69. The summed E-state index contributed by atoms with van der Waals surface area (Å²) < 4.78 is 2.10. The monoisotopic (exact) mass is 494 g/mol. The zero-order valence-corrected chi connectivity index (χ0v) is 17.8. The molecule has 3 aromatic rings. The molecule has 0 unspecified atom stereocenters. The van der Waals surface area contributed by atoms with Crippen LogP contribution >= 0.6 is 33.9 Å². The summed E-state index contributed by atoms with van der Waals surface area (Å²) in [5.74, 6) is 0. The van der Waals surface area contributed by atoms with Gasteiger partial charge in [-0.2, -0.15) is 0 Å². The van der Waals surface area contributed by atoms with Crippen LogP contribution in [0, 0.1) is 13.7 Å². The molecule has 6 nitrogen and oxygen atoms in total. The molecule has 1 aromatic heterocycles. The minimum absolute atomic E-state index is 0.189. The van der Waals surface area contributed by atoms with Gasteiger partial charge in [-0.1, -0.05) is 12.1 Å². The Bertz CT molecular complexity index is 952. The van der Waals surface area contributed by atoms with E-state index in [1.54, 1.807) is 17.4 Å². The number of halogens is 1. The number of nitro benzene ring substituents is 1. The molecule has 8 heteroatoms. The standard InChI is InChI=1S/C19H19IN4O2S/c1-13(19-21-15-4-2-3-5-18(15)27-19)22-8-10-23(11-9-22)16-7-6-14(20)12-17(16)24(25)26/h2-7,12-13H,8-11H2,1H3/t13-/m1/s1. The van der Waals surface area contributed by atoms with Crippen molar-refractivity contribution in [3.63, 3.8) is 0 Å². The van der Waals surface area contributed by atoms with Crippen LogP contribution in [0.3, 0.4) is 0 Å². The molecule has 140 valence electrons. The zero-order valence-electron chi connectivity index (χ0n) is 14.8. The topological polar surface area (TPSA) is 62.5 Å². The first-order valence-corrected chi connectivity index (χ1v) is 10.7. The number of aromatic nitrogens is 1. The van der Waals surface area contributed by atoms with E-state index in [-0.39, 0.29) is 16.7 Å². The number of anilines is 1. The van der Waals surface area contributed by atoms with E-state index >= 15 is 0 Å². The first-order chi connectivity index (χ1) is 13.0. The predicted molar refractivity (Wildman–Crippen MR) is 118 cm³/mol. The Labute approximate surface area is 175 Å². The maximum Gasteiger partial charge on any atom is 0.293 e. The molecule has 0 amide bonds. The van der Waals surface area contributed by atoms with Crippen molar-refractivity contribution >= 4 is 55.5 Å². The summed E-state index contributed by atoms with van der Waals surface area (Å²) in [6.07, 6.45) is 0. The molecule has 1 atom stereocenters. The third kappa shape index (κ3) is 3.78. The Balaban J connectivity index is 1.48. The van der Waals surface area contributed by atoms with Gasteiger partial charge in [0, 0.05) is 35.8 Å². The van der Waals surface area contributed by atoms with Crippen molar-refractivity contribution in [1.29, 1.82) is 0 Å². The van der Waals surface area contributed by atoms with Crippen LogP contribution in [0.1, 0.15) is 18.0 Å². The van der Waals surface area contributed by atoms with E-state index in [1.807, 2.05) is 24.3 Å². The van der Waals surface area contributed by atoms with Gasteiger partial charge in [0.05, 0.1) is 21.2 Å². The fraction of sp³-hybridized carbons (Fsp3) is 0.316. The molecule has 2 aromatic carbocycles. The van der Waals surface area contributed by atoms with Crippen molar-refractivity contribution in [2.75, 3.05) is 31.1 Å². The molecule has 0 saturated carbocycles. The molecule has 0 N–H and O–H groups in total. The fourth-order valence-electron chi connectivity index (χ4n) is 3.49. The van der Waals surface area contributed by atoms with Gasteiger partial charge in [-0.15, -0.1) is 11.3 Å². The van der Waals surface area contributed by atoms with Gasteiger partial charge in [-0.05, 0) is 53.8 Å². The highest BCUT2D eigenvalue weighted by atomic mass is 127. The third-order valence-electron chi connectivity index (χ3n) is 5.00. The van der Waals surface area contributed by atoms with Crippen LogP contribution in [0.2, 0.25) is 0 Å². The molecule has 1 aliphatic rings. The van der Waals surface area contributed by atoms with E-state index in [2.05, 4.69) is 51.4 Å². The molecular weight excluding hydrogens is 475 g/mol. The number of hydrogen-bond acceptors (Lipinski definition) is 6. The number of benzene rings is 2. The van der Waals surface area contributed by atoms with E-state index in [4.69, 9.17) is 4.98 Å². The van der Waals surface area contributed by atoms with Crippen molar-refractivity contribution in [2.45, 2.75) is 13.0 Å². The minimum atomic E-state index is -0.284. The number of rotatable bonds is 4. The van der Waals surface area contributed by atoms with Gasteiger partial charge in [0.2, 0.25) is 0 Å². The van der Waals surface area contributed by atoms with Crippen molar-refractivity contribution in [3.05, 3.63) is 61.2 Å². The molecule has 1 aliphatic heterocycles. The molecule has 4 rings (SSSR count). The van der Waals surface area contributed by atoms with Crippen molar-refractivity contribution in [3.8, 4) is 0 Å². The van der Waals surface area contributed by atoms with Crippen molar-refractivity contribution in [1.82, 2.24) is 9.88 Å². The second-order valence-corrected chi connectivity index (χ2v) is 8.92. The Morgan fingerprint density at radius 3 is 2.63 bits per heavy atom. The Kier molecular flexibility index (Phi) is 5.29. The Morgan fingerprint density at radius 1 is 1.19 bits per heavy atom. The fourth-order valence-corrected chi connectivity index (χ4v) is 5.01. The average molecular weight is 494 g/mol. The van der Waals surface area contributed by atoms with E-state index in [0.717, 1.165) is 40.3 Å². The highest BCUT2D eigenvalue weighted by Gasteiger charge is 2.27. The van der Waals surface area contributed by atoms with Crippen LogP contribution in [-0.4, -0.2) is 41.0 Å². The van der Waals surface area contributed by atoms with Gasteiger partial charge < -0.3 is 4.90 Å². The van der Waals surface area contributed by atoms with Gasteiger partial charge in [0.15, 0.2) is 0 Å². The number of hydrogen-bond donors (Lipinski definition) is 0. The molecule has 27 heavy (non-hydrogen) atoms. The summed E-state index contributed by atoms with van der Waals surface area (Å²) in [7, 11) is 0. The van der Waals surface area contributed by atoms with E-state index in [9.17, 15) is 10.1 Å². The first-order valence-electron chi connectivity index (χ1n) is 8.81. The van der Waals surface area contributed by atoms with Gasteiger partial charge in [-0.25, -0.2) is 4.98 Å². The first kappa shape index (κ1) is 18.6. The molecule has 1 fully saturated rings. The van der Waals surface area contributed by atoms with Crippen LogP contribution in [0.15, 0.2) is 42.5 Å². The van der Waals surface area contributed by atoms with Crippen molar-refractivity contribution < 1.29 is 4.92 Å². The number of nitro groups is 1. The highest BCUT2D eigenvalue weighted by Crippen LogP contribution is 2.33. The summed E-state index contributed by atoms with van der Waals surface area (Å²) in [5, 5.41) is 12.5. The maximum absolute atomic E-state index is 11.4. The lowest BCUT2D eigenvalue weighted by molar-refractivity contribution is -0.384. The molecule has 1 saturated heterocycles. The lowest BCUT2D eigenvalue weighted by Crippen LogP contribution is -2.47. The van der Waals surface area contributed by atoms with Crippen LogP contribution in [0.5, 0.6) is 0 Å². The molecular formula is C19H19IN4O2S. The predicted octanol–water partition coefficient (Wildman–Crippen LogP) is 4.69. The zero-order chi connectivity index (χ0) is 19.0. The minimum Gasteiger partial charge on any atom is -0.363 e. The number of para-hydroxylation sites is 1. The second-order valence-electron chi connectivity index (χ2n) is 6.61. The summed E-state index contributed by atoms with van der Waals surface area (Å²) in [6, 6.07) is 13.9. The SMILES string of the molecule is C[C@H](c1nc2ccccc2s1)N1CCN(c2ccc(I)cc2[N+](=O)[O-])CC1. The largest absolute Gasteiger partial charge is 0.363 e. The van der Waals surface area contributed by atoms with Crippen LogP contribution in [-0.2, 0) is 0 Å². The number of piperazine rings is 1. The Hall–Kier alpha value is -1.78. The number of fused-ring (bicyclic) bond motifs is 1. The van der Waals surface area contributed by atoms with Crippen LogP contribution in [0.25, 0.3) is 10.2 Å². The quantitative estimate of drug-likeness (QED) is 0.299. The van der Waals surface area contributed by atoms with E-state index in [0.29, 0.717) is 5.69 Å². The molecule has 0 aliphatic carbocycles. The Morgan fingerprint density at radius 2 is 1.93 bits per heavy atom. The van der Waals surface area contributed by atoms with Gasteiger partial charge in [-0.3, -0.25) is 15.0 Å². The average Bonchev–Trinajstić information content (AvgIpc) is 3.11. The smallest absolute Gasteiger partial charge is 0.293 e. The lowest BCUT2D eigenvalue weighted by Gasteiger charge is -2.38. The van der Waals surface area contributed by atoms with E-state index < -0.39 is 0 Å². The molecule has 0 radical (unpaired) electrons. The number of nitrogens with zero attached hydrogens (tertiary/aromatic N) is 4. The lowest BCUT2D eigenvalue weighted by atomic mass is 10.2. The molecule has 2 heterocycles. The van der Waals surface area contributed by atoms with Crippen LogP contribution < -0.4 is 4.90 Å². The maximum atomic E-state index is 11.4. The summed E-state index contributed by atoms with van der Waals surface area (Å²) >= 11 is 3.86. The third-order valence-corrected chi connectivity index (χ3v) is 6.88. The molecule has 0 spiro atoms. The van der Waals surface area contributed by atoms with Crippen LogP contribution in [0.4, 0.5) is 11.4 Å². The van der Waals surface area contributed by atoms with Gasteiger partial charge in [0.25, 0.3) is 5.69 Å². The molecule has 0 bridgehead atoms.